The van der Waals surface area contributed by atoms with Gasteiger partial charge in [-0.05, 0) is 47.1 Å². The molecule has 0 N–H and O–H groups in total. The maximum Gasteiger partial charge on any atom is 0.339 e. The van der Waals surface area contributed by atoms with Crippen LogP contribution in [0, 0.1) is 0 Å². The first-order valence-electron chi connectivity index (χ1n) is 8.92. The van der Waals surface area contributed by atoms with Crippen LogP contribution in [0.4, 0.5) is 0 Å². The molecule has 1 aromatic carbocycles. The van der Waals surface area contributed by atoms with E-state index >= 15 is 0 Å². The van der Waals surface area contributed by atoms with Crippen molar-refractivity contribution in [2.45, 2.75) is 52.9 Å². The molecule has 1 rings (SSSR count). The van der Waals surface area contributed by atoms with Crippen LogP contribution >= 0.6 is 0 Å². The average Bonchev–Trinajstić information content (AvgIpc) is 2.61. The topological polar surface area (TPSA) is 52.6 Å². The summed E-state index contributed by atoms with van der Waals surface area (Å²) in [5, 5.41) is 0. The molecule has 0 bridgehead atoms. The summed E-state index contributed by atoms with van der Waals surface area (Å²) in [6.07, 6.45) is 1.45. The highest BCUT2D eigenvalue weighted by Crippen LogP contribution is 2.26. The Morgan fingerprint density at radius 3 is 1.77 bits per heavy atom. The summed E-state index contributed by atoms with van der Waals surface area (Å²) in [6, 6.07) is 5.18. The zero-order valence-corrected chi connectivity index (χ0v) is 16.6. The van der Waals surface area contributed by atoms with Gasteiger partial charge >= 0.3 is 11.9 Å². The predicted molar refractivity (Wildman–Crippen MR) is 105 cm³/mol. The quantitative estimate of drug-likeness (QED) is 0.472. The summed E-state index contributed by atoms with van der Waals surface area (Å²) < 4.78 is 10.6. The van der Waals surface area contributed by atoms with Crippen LogP contribution in [0.25, 0.3) is 0 Å². The van der Waals surface area contributed by atoms with Gasteiger partial charge in [0.25, 0.3) is 0 Å². The second-order valence-electron chi connectivity index (χ2n) is 7.37. The van der Waals surface area contributed by atoms with E-state index in [1.807, 2.05) is 40.7 Å². The zero-order valence-electron chi connectivity index (χ0n) is 16.6. The van der Waals surface area contributed by atoms with Gasteiger partial charge < -0.3 is 9.47 Å². The maximum absolute atomic E-state index is 12.6. The van der Waals surface area contributed by atoms with Crippen molar-refractivity contribution in [1.29, 1.82) is 0 Å². The van der Waals surface area contributed by atoms with E-state index in [1.54, 1.807) is 12.1 Å². The summed E-state index contributed by atoms with van der Waals surface area (Å²) in [4.78, 5) is 25.0. The van der Waals surface area contributed by atoms with Crippen molar-refractivity contribution in [3.8, 4) is 0 Å². The SMILES string of the molecule is C=C(CC)COC(=O)c1ccc(C(C)(C)C)cc1C(=O)OCC(=C)CC. The lowest BCUT2D eigenvalue weighted by molar-refractivity contribution is 0.0491. The van der Waals surface area contributed by atoms with Crippen molar-refractivity contribution in [2.75, 3.05) is 13.2 Å². The lowest BCUT2D eigenvalue weighted by Crippen LogP contribution is -2.19. The first-order valence-corrected chi connectivity index (χ1v) is 8.92. The van der Waals surface area contributed by atoms with Crippen LogP contribution < -0.4 is 0 Å². The van der Waals surface area contributed by atoms with Gasteiger partial charge in [-0.1, -0.05) is 53.8 Å². The van der Waals surface area contributed by atoms with Gasteiger partial charge in [0.05, 0.1) is 11.1 Å². The van der Waals surface area contributed by atoms with Crippen LogP contribution in [0.3, 0.4) is 0 Å². The molecule has 0 amide bonds. The third-order valence-electron chi connectivity index (χ3n) is 4.14. The van der Waals surface area contributed by atoms with E-state index in [1.165, 1.54) is 0 Å². The fraction of sp³-hybridized carbons (Fsp3) is 0.455. The normalized spacial score (nSPS) is 11.0. The van der Waals surface area contributed by atoms with Crippen molar-refractivity contribution in [3.05, 3.63) is 59.2 Å². The summed E-state index contributed by atoms with van der Waals surface area (Å²) in [5.41, 5.74) is 2.82. The molecule has 4 nitrogen and oxygen atoms in total. The van der Waals surface area contributed by atoms with Crippen LogP contribution in [0.15, 0.2) is 42.5 Å². The number of esters is 2. The Morgan fingerprint density at radius 2 is 1.35 bits per heavy atom. The Labute approximate surface area is 156 Å². The van der Waals surface area contributed by atoms with Crippen molar-refractivity contribution in [1.82, 2.24) is 0 Å². The highest BCUT2D eigenvalue weighted by atomic mass is 16.5. The molecule has 0 unspecified atom stereocenters. The lowest BCUT2D eigenvalue weighted by Gasteiger charge is -2.21. The molecular formula is C22H30O4. The molecule has 0 aliphatic rings. The van der Waals surface area contributed by atoms with E-state index < -0.39 is 11.9 Å². The van der Waals surface area contributed by atoms with Crippen LogP contribution in [0.5, 0.6) is 0 Å². The monoisotopic (exact) mass is 358 g/mol. The standard InChI is InChI=1S/C22H30O4/c1-8-15(3)13-25-20(23)18-11-10-17(22(5,6)7)12-19(18)21(24)26-14-16(4)9-2/h10-12H,3-4,8-9,13-14H2,1-2,5-7H3. The minimum atomic E-state index is -0.554. The van der Waals surface area contributed by atoms with Crippen molar-refractivity contribution >= 4 is 11.9 Å². The summed E-state index contributed by atoms with van der Waals surface area (Å²) >= 11 is 0. The number of rotatable bonds is 8. The third kappa shape index (κ3) is 6.17. The van der Waals surface area contributed by atoms with Gasteiger partial charge in [-0.3, -0.25) is 0 Å². The Kier molecular flexibility index (Phi) is 7.81. The second kappa shape index (κ2) is 9.37. The Morgan fingerprint density at radius 1 is 0.885 bits per heavy atom. The van der Waals surface area contributed by atoms with E-state index in [4.69, 9.17) is 9.47 Å². The van der Waals surface area contributed by atoms with Gasteiger partial charge in [-0.25, -0.2) is 9.59 Å². The van der Waals surface area contributed by atoms with Gasteiger partial charge in [0.1, 0.15) is 13.2 Å². The Balaban J connectivity index is 3.15. The van der Waals surface area contributed by atoms with E-state index in [-0.39, 0.29) is 29.8 Å². The molecule has 1 aromatic rings. The largest absolute Gasteiger partial charge is 0.458 e. The number of carbonyl (C=O) groups excluding carboxylic acids is 2. The molecule has 4 heteroatoms. The van der Waals surface area contributed by atoms with E-state index in [2.05, 4.69) is 13.2 Å². The van der Waals surface area contributed by atoms with Crippen LogP contribution in [0.1, 0.15) is 73.7 Å². The molecule has 0 aliphatic heterocycles. The number of ether oxygens (including phenoxy) is 2. The molecule has 142 valence electrons. The van der Waals surface area contributed by atoms with Gasteiger partial charge in [0.2, 0.25) is 0 Å². The fourth-order valence-corrected chi connectivity index (χ4v) is 2.05. The van der Waals surface area contributed by atoms with E-state index in [0.717, 1.165) is 29.6 Å². The number of benzene rings is 1. The van der Waals surface area contributed by atoms with Crippen LogP contribution in [-0.2, 0) is 14.9 Å². The number of hydrogen-bond acceptors (Lipinski definition) is 4. The minimum Gasteiger partial charge on any atom is -0.458 e. The summed E-state index contributed by atoms with van der Waals surface area (Å²) in [6.45, 7) is 17.9. The molecule has 0 aliphatic carbocycles. The number of carbonyl (C=O) groups is 2. The lowest BCUT2D eigenvalue weighted by atomic mass is 9.85. The van der Waals surface area contributed by atoms with E-state index in [9.17, 15) is 9.59 Å². The molecule has 0 atom stereocenters. The maximum atomic E-state index is 12.6. The van der Waals surface area contributed by atoms with Crippen molar-refractivity contribution in [3.63, 3.8) is 0 Å². The molecule has 26 heavy (non-hydrogen) atoms. The van der Waals surface area contributed by atoms with Crippen molar-refractivity contribution < 1.29 is 19.1 Å². The highest BCUT2D eigenvalue weighted by molar-refractivity contribution is 6.03. The smallest absolute Gasteiger partial charge is 0.339 e. The zero-order chi connectivity index (χ0) is 19.9. The second-order valence-corrected chi connectivity index (χ2v) is 7.37. The van der Waals surface area contributed by atoms with Gasteiger partial charge in [0, 0.05) is 0 Å². The fourth-order valence-electron chi connectivity index (χ4n) is 2.05. The Bertz CT molecular complexity index is 693. The van der Waals surface area contributed by atoms with Gasteiger partial charge in [-0.2, -0.15) is 0 Å². The van der Waals surface area contributed by atoms with Crippen LogP contribution in [0.2, 0.25) is 0 Å². The molecule has 0 spiro atoms. The molecule has 0 aromatic heterocycles. The first-order chi connectivity index (χ1) is 12.1. The molecule has 0 saturated carbocycles. The summed E-state index contributed by atoms with van der Waals surface area (Å²) in [5.74, 6) is -1.10. The molecule has 0 saturated heterocycles. The molecule has 0 radical (unpaired) electrons. The van der Waals surface area contributed by atoms with Gasteiger partial charge in [-0.15, -0.1) is 0 Å². The minimum absolute atomic E-state index is 0.135. The molecular weight excluding hydrogens is 328 g/mol. The Hall–Kier alpha value is -2.36. The summed E-state index contributed by atoms with van der Waals surface area (Å²) in [7, 11) is 0. The molecule has 0 fully saturated rings. The van der Waals surface area contributed by atoms with E-state index in [0.29, 0.717) is 0 Å². The third-order valence-corrected chi connectivity index (χ3v) is 4.14. The molecule has 0 heterocycles. The van der Waals surface area contributed by atoms with Crippen molar-refractivity contribution in [2.24, 2.45) is 0 Å². The predicted octanol–water partition coefficient (Wildman–Crippen LogP) is 5.23. The highest BCUT2D eigenvalue weighted by Gasteiger charge is 2.23. The van der Waals surface area contributed by atoms with Gasteiger partial charge in [0.15, 0.2) is 0 Å². The average molecular weight is 358 g/mol. The number of hydrogen-bond donors (Lipinski definition) is 0. The van der Waals surface area contributed by atoms with Crippen LogP contribution in [-0.4, -0.2) is 25.2 Å². The first kappa shape index (κ1) is 21.7.